The predicted molar refractivity (Wildman–Crippen MR) is 41.0 cm³/mol. The predicted octanol–water partition coefficient (Wildman–Crippen LogP) is -1.65. The molecule has 0 saturated heterocycles. The molecule has 6 nitrogen and oxygen atoms in total. The number of hydrogen-bond acceptors (Lipinski definition) is 6. The van der Waals surface area contributed by atoms with Crippen molar-refractivity contribution in [1.82, 2.24) is 15.2 Å². The van der Waals surface area contributed by atoms with Crippen molar-refractivity contribution >= 4 is 5.95 Å². The fourth-order valence-electron chi connectivity index (χ4n) is 0.707. The van der Waals surface area contributed by atoms with E-state index in [0.717, 1.165) is 0 Å². The van der Waals surface area contributed by atoms with E-state index in [1.54, 1.807) is 0 Å². The molecule has 0 amide bonds. The summed E-state index contributed by atoms with van der Waals surface area (Å²) in [4.78, 5) is 3.68. The molecule has 1 aromatic rings. The molecule has 1 heterocycles. The molecule has 1 rings (SSSR count). The highest BCUT2D eigenvalue weighted by Crippen LogP contribution is 1.97. The number of aliphatic hydroxyl groups is 2. The van der Waals surface area contributed by atoms with Gasteiger partial charge in [0, 0.05) is 6.42 Å². The number of anilines is 1. The average molecular weight is 170 g/mol. The third-order valence-corrected chi connectivity index (χ3v) is 1.28. The number of rotatable bonds is 3. The Kier molecular flexibility index (Phi) is 2.89. The van der Waals surface area contributed by atoms with Crippen LogP contribution in [0, 0.1) is 0 Å². The normalized spacial score (nSPS) is 12.8. The molecule has 0 aliphatic carbocycles. The summed E-state index contributed by atoms with van der Waals surface area (Å²) in [7, 11) is 0. The molecule has 0 aromatic carbocycles. The van der Waals surface area contributed by atoms with Crippen LogP contribution in [0.1, 0.15) is 5.69 Å². The van der Waals surface area contributed by atoms with Crippen molar-refractivity contribution in [2.45, 2.75) is 12.5 Å². The van der Waals surface area contributed by atoms with Crippen LogP contribution in [0.3, 0.4) is 0 Å². The van der Waals surface area contributed by atoms with Crippen molar-refractivity contribution in [3.05, 3.63) is 11.9 Å². The van der Waals surface area contributed by atoms with Crippen LogP contribution in [0.5, 0.6) is 0 Å². The fourth-order valence-corrected chi connectivity index (χ4v) is 0.707. The Morgan fingerprint density at radius 1 is 1.50 bits per heavy atom. The van der Waals surface area contributed by atoms with Crippen molar-refractivity contribution in [2.75, 3.05) is 12.3 Å². The minimum Gasteiger partial charge on any atom is -0.394 e. The summed E-state index contributed by atoms with van der Waals surface area (Å²) in [5.74, 6) is 0.0947. The van der Waals surface area contributed by atoms with Crippen LogP contribution in [-0.2, 0) is 6.42 Å². The lowest BCUT2D eigenvalue weighted by Gasteiger charge is -2.04. The molecule has 66 valence electrons. The number of nitrogens with two attached hydrogens (primary N) is 1. The van der Waals surface area contributed by atoms with Gasteiger partial charge < -0.3 is 15.9 Å². The zero-order chi connectivity index (χ0) is 8.97. The first kappa shape index (κ1) is 8.82. The van der Waals surface area contributed by atoms with E-state index in [9.17, 15) is 0 Å². The van der Waals surface area contributed by atoms with E-state index >= 15 is 0 Å². The second-order valence-electron chi connectivity index (χ2n) is 2.35. The van der Waals surface area contributed by atoms with Gasteiger partial charge in [-0.1, -0.05) is 0 Å². The Hall–Kier alpha value is -1.27. The first-order valence-electron chi connectivity index (χ1n) is 3.45. The van der Waals surface area contributed by atoms with E-state index in [1.807, 2.05) is 0 Å². The number of nitrogens with zero attached hydrogens (tertiary/aromatic N) is 3. The minimum absolute atomic E-state index is 0.0947. The Morgan fingerprint density at radius 2 is 2.25 bits per heavy atom. The zero-order valence-electron chi connectivity index (χ0n) is 6.38. The van der Waals surface area contributed by atoms with Crippen molar-refractivity contribution < 1.29 is 10.2 Å². The summed E-state index contributed by atoms with van der Waals surface area (Å²) >= 11 is 0. The van der Waals surface area contributed by atoms with Crippen LogP contribution < -0.4 is 5.73 Å². The SMILES string of the molecule is Nc1ncc(CC(O)CO)nn1. The van der Waals surface area contributed by atoms with E-state index in [1.165, 1.54) is 6.20 Å². The van der Waals surface area contributed by atoms with Gasteiger partial charge in [-0.15, -0.1) is 5.10 Å². The Labute approximate surface area is 69.1 Å². The van der Waals surface area contributed by atoms with Crippen LogP contribution >= 0.6 is 0 Å². The molecular formula is C6H10N4O2. The summed E-state index contributed by atoms with van der Waals surface area (Å²) in [6.07, 6.45) is 0.836. The lowest BCUT2D eigenvalue weighted by Crippen LogP contribution is -2.16. The molecule has 0 saturated carbocycles. The molecule has 0 aliphatic rings. The highest BCUT2D eigenvalue weighted by atomic mass is 16.3. The second kappa shape index (κ2) is 3.93. The van der Waals surface area contributed by atoms with Gasteiger partial charge in [0.1, 0.15) is 0 Å². The lowest BCUT2D eigenvalue weighted by atomic mass is 10.2. The highest BCUT2D eigenvalue weighted by Gasteiger charge is 2.05. The van der Waals surface area contributed by atoms with E-state index in [0.29, 0.717) is 5.69 Å². The number of aromatic nitrogens is 3. The summed E-state index contributed by atoms with van der Waals surface area (Å²) in [6.45, 7) is -0.300. The molecule has 0 aliphatic heterocycles. The average Bonchev–Trinajstić information content (AvgIpc) is 2.09. The molecule has 6 heteroatoms. The summed E-state index contributed by atoms with van der Waals surface area (Å²) in [5.41, 5.74) is 5.70. The quantitative estimate of drug-likeness (QED) is 0.502. The smallest absolute Gasteiger partial charge is 0.240 e. The van der Waals surface area contributed by atoms with Crippen LogP contribution in [-0.4, -0.2) is 38.1 Å². The molecule has 0 fully saturated rings. The maximum atomic E-state index is 9.00. The van der Waals surface area contributed by atoms with Crippen molar-refractivity contribution in [1.29, 1.82) is 0 Å². The standard InChI is InChI=1S/C6H10N4O2/c7-6-8-2-4(9-10-6)1-5(12)3-11/h2,5,11-12H,1,3H2,(H2,7,8,10). The first-order chi connectivity index (χ1) is 5.72. The van der Waals surface area contributed by atoms with Gasteiger partial charge in [0.05, 0.1) is 24.6 Å². The Bertz CT molecular complexity index is 238. The molecule has 0 radical (unpaired) electrons. The van der Waals surface area contributed by atoms with Crippen LogP contribution in [0.2, 0.25) is 0 Å². The Balaban J connectivity index is 2.58. The topological polar surface area (TPSA) is 105 Å². The number of aliphatic hydroxyl groups excluding tert-OH is 2. The molecule has 1 aromatic heterocycles. The number of nitrogen functional groups attached to an aromatic ring is 1. The van der Waals surface area contributed by atoms with Crippen LogP contribution in [0.4, 0.5) is 5.95 Å². The molecular weight excluding hydrogens is 160 g/mol. The molecule has 1 unspecified atom stereocenters. The molecule has 4 N–H and O–H groups in total. The van der Waals surface area contributed by atoms with Crippen molar-refractivity contribution in [2.24, 2.45) is 0 Å². The van der Waals surface area contributed by atoms with Gasteiger partial charge in [0.15, 0.2) is 0 Å². The fraction of sp³-hybridized carbons (Fsp3) is 0.500. The van der Waals surface area contributed by atoms with Gasteiger partial charge in [-0.3, -0.25) is 0 Å². The minimum atomic E-state index is -0.815. The zero-order valence-corrected chi connectivity index (χ0v) is 6.38. The van der Waals surface area contributed by atoms with E-state index in [-0.39, 0.29) is 19.0 Å². The summed E-state index contributed by atoms with van der Waals surface area (Å²) < 4.78 is 0. The van der Waals surface area contributed by atoms with Crippen LogP contribution in [0.25, 0.3) is 0 Å². The van der Waals surface area contributed by atoms with E-state index < -0.39 is 6.10 Å². The van der Waals surface area contributed by atoms with E-state index in [2.05, 4.69) is 15.2 Å². The van der Waals surface area contributed by atoms with Gasteiger partial charge >= 0.3 is 0 Å². The lowest BCUT2D eigenvalue weighted by molar-refractivity contribution is 0.0945. The third kappa shape index (κ3) is 2.40. The summed E-state index contributed by atoms with van der Waals surface area (Å²) in [6, 6.07) is 0. The van der Waals surface area contributed by atoms with Gasteiger partial charge in [-0.05, 0) is 0 Å². The third-order valence-electron chi connectivity index (χ3n) is 1.28. The largest absolute Gasteiger partial charge is 0.394 e. The molecule has 1 atom stereocenters. The van der Waals surface area contributed by atoms with Crippen LogP contribution in [0.15, 0.2) is 6.20 Å². The second-order valence-corrected chi connectivity index (χ2v) is 2.35. The van der Waals surface area contributed by atoms with Crippen molar-refractivity contribution in [3.8, 4) is 0 Å². The molecule has 0 bridgehead atoms. The van der Waals surface area contributed by atoms with Gasteiger partial charge in [0.25, 0.3) is 0 Å². The monoisotopic (exact) mass is 170 g/mol. The highest BCUT2D eigenvalue weighted by molar-refractivity contribution is 5.11. The van der Waals surface area contributed by atoms with Gasteiger partial charge in [0.2, 0.25) is 5.95 Å². The van der Waals surface area contributed by atoms with Crippen molar-refractivity contribution in [3.63, 3.8) is 0 Å². The first-order valence-corrected chi connectivity index (χ1v) is 3.45. The molecule has 12 heavy (non-hydrogen) atoms. The Morgan fingerprint density at radius 3 is 2.75 bits per heavy atom. The maximum absolute atomic E-state index is 9.00. The maximum Gasteiger partial charge on any atom is 0.240 e. The van der Waals surface area contributed by atoms with E-state index in [4.69, 9.17) is 15.9 Å². The summed E-state index contributed by atoms with van der Waals surface area (Å²) in [5, 5.41) is 24.7. The van der Waals surface area contributed by atoms with Gasteiger partial charge in [-0.2, -0.15) is 5.10 Å². The van der Waals surface area contributed by atoms with Gasteiger partial charge in [-0.25, -0.2) is 4.98 Å². The molecule has 0 spiro atoms. The number of hydrogen-bond donors (Lipinski definition) is 3.